The van der Waals surface area contributed by atoms with Gasteiger partial charge < -0.3 is 10.6 Å². The molecule has 1 atom stereocenters. The molecule has 0 aromatic carbocycles. The van der Waals surface area contributed by atoms with Gasteiger partial charge in [0.05, 0.1) is 18.0 Å². The lowest BCUT2D eigenvalue weighted by molar-refractivity contribution is 0.268. The topological polar surface area (TPSA) is 94.7 Å². The number of hydrogen-bond donors (Lipinski definition) is 2. The van der Waals surface area contributed by atoms with Crippen molar-refractivity contribution in [3.63, 3.8) is 0 Å². The zero-order valence-corrected chi connectivity index (χ0v) is 14.7. The molecule has 8 nitrogen and oxygen atoms in total. The average Bonchev–Trinajstić information content (AvgIpc) is 3.22. The molecule has 0 radical (unpaired) electrons. The molecule has 1 unspecified atom stereocenters. The van der Waals surface area contributed by atoms with Crippen molar-refractivity contribution < 1.29 is 0 Å². The Balaban J connectivity index is 1.62. The number of aryl methyl sites for hydroxylation is 2. The highest BCUT2D eigenvalue weighted by molar-refractivity contribution is 5.54. The van der Waals surface area contributed by atoms with Gasteiger partial charge in [-0.15, -0.1) is 0 Å². The van der Waals surface area contributed by atoms with Gasteiger partial charge in [-0.25, -0.2) is 4.98 Å². The maximum absolute atomic E-state index is 8.79. The van der Waals surface area contributed by atoms with Gasteiger partial charge in [0.25, 0.3) is 0 Å². The molecule has 3 rings (SSSR count). The lowest BCUT2D eigenvalue weighted by Crippen LogP contribution is -2.35. The van der Waals surface area contributed by atoms with E-state index < -0.39 is 0 Å². The van der Waals surface area contributed by atoms with Gasteiger partial charge in [-0.05, 0) is 26.3 Å². The predicted octanol–water partition coefficient (Wildman–Crippen LogP) is 2.05. The molecule has 0 aliphatic carbocycles. The molecule has 0 saturated carbocycles. The molecule has 1 aliphatic heterocycles. The van der Waals surface area contributed by atoms with E-state index in [2.05, 4.69) is 36.7 Å². The summed E-state index contributed by atoms with van der Waals surface area (Å²) in [5.74, 6) is 1.39. The Kier molecular flexibility index (Phi) is 5.46. The fourth-order valence-electron chi connectivity index (χ4n) is 3.12. The number of anilines is 3. The van der Waals surface area contributed by atoms with Crippen molar-refractivity contribution in [3.05, 3.63) is 24.2 Å². The average molecular weight is 340 g/mol. The third-order valence-corrected chi connectivity index (χ3v) is 4.45. The van der Waals surface area contributed by atoms with Gasteiger partial charge in [-0.3, -0.25) is 9.58 Å². The molecule has 2 aromatic heterocycles. The summed E-state index contributed by atoms with van der Waals surface area (Å²) in [6.07, 6.45) is 8.36. The highest BCUT2D eigenvalue weighted by Crippen LogP contribution is 2.20. The Morgan fingerprint density at radius 1 is 1.40 bits per heavy atom. The number of rotatable bonds is 7. The number of aromatic nitrogens is 4. The number of likely N-dealkylation sites (tertiary alicyclic amines) is 1. The van der Waals surface area contributed by atoms with Gasteiger partial charge in [-0.1, -0.05) is 0 Å². The van der Waals surface area contributed by atoms with Crippen LogP contribution in [0.15, 0.2) is 18.6 Å². The van der Waals surface area contributed by atoms with E-state index in [9.17, 15) is 0 Å². The normalized spacial score (nSPS) is 17.4. The molecule has 132 valence electrons. The molecule has 0 spiro atoms. The Morgan fingerprint density at radius 2 is 2.28 bits per heavy atom. The molecule has 3 heterocycles. The summed E-state index contributed by atoms with van der Waals surface area (Å²) < 4.78 is 1.73. The monoisotopic (exact) mass is 340 g/mol. The lowest BCUT2D eigenvalue weighted by Gasteiger charge is -2.24. The minimum absolute atomic E-state index is 0.456. The van der Waals surface area contributed by atoms with Gasteiger partial charge >= 0.3 is 0 Å². The molecule has 8 heteroatoms. The van der Waals surface area contributed by atoms with Crippen LogP contribution < -0.4 is 10.6 Å². The van der Waals surface area contributed by atoms with Crippen LogP contribution in [-0.2, 0) is 7.05 Å². The summed E-state index contributed by atoms with van der Waals surface area (Å²) >= 11 is 0. The molecular weight excluding hydrogens is 316 g/mol. The molecule has 2 N–H and O–H groups in total. The van der Waals surface area contributed by atoms with Gasteiger partial charge in [0, 0.05) is 50.6 Å². The van der Waals surface area contributed by atoms with E-state index in [0.29, 0.717) is 18.4 Å². The summed E-state index contributed by atoms with van der Waals surface area (Å²) in [5.41, 5.74) is 1.87. The van der Waals surface area contributed by atoms with Crippen LogP contribution in [0.2, 0.25) is 0 Å². The van der Waals surface area contributed by atoms with E-state index in [1.807, 2.05) is 26.4 Å². The van der Waals surface area contributed by atoms with Crippen LogP contribution in [0.25, 0.3) is 0 Å². The van der Waals surface area contributed by atoms with Gasteiger partial charge in [0.1, 0.15) is 5.82 Å². The van der Waals surface area contributed by atoms with Crippen molar-refractivity contribution in [2.24, 2.45) is 7.05 Å². The Hall–Kier alpha value is -2.66. The third kappa shape index (κ3) is 4.45. The standard InChI is InChI=1S/C17H24N8/c1-13-9-20-17(22-14-10-21-24(2)12-14)23-16(13)19-11-15-5-3-7-25(15)8-4-6-18/h9-10,12,15H,3-5,7-8,11H2,1-2H3,(H2,19,20,22,23). The first-order valence-electron chi connectivity index (χ1n) is 8.60. The van der Waals surface area contributed by atoms with E-state index in [4.69, 9.17) is 5.26 Å². The molecule has 1 aliphatic rings. The maximum Gasteiger partial charge on any atom is 0.229 e. The first kappa shape index (κ1) is 17.2. The van der Waals surface area contributed by atoms with Crippen LogP contribution in [-0.4, -0.2) is 50.3 Å². The minimum Gasteiger partial charge on any atom is -0.368 e. The summed E-state index contributed by atoms with van der Waals surface area (Å²) in [5, 5.41) is 19.5. The van der Waals surface area contributed by atoms with E-state index in [-0.39, 0.29) is 0 Å². The molecular formula is C17H24N8. The molecule has 1 fully saturated rings. The third-order valence-electron chi connectivity index (χ3n) is 4.45. The van der Waals surface area contributed by atoms with E-state index in [0.717, 1.165) is 43.1 Å². The van der Waals surface area contributed by atoms with E-state index in [1.54, 1.807) is 10.9 Å². The van der Waals surface area contributed by atoms with E-state index in [1.165, 1.54) is 6.42 Å². The SMILES string of the molecule is Cc1cnc(Nc2cnn(C)c2)nc1NCC1CCCN1CCC#N. The van der Waals surface area contributed by atoms with Gasteiger partial charge in [-0.2, -0.15) is 15.3 Å². The second-order valence-corrected chi connectivity index (χ2v) is 6.37. The Bertz CT molecular complexity index is 747. The quantitative estimate of drug-likeness (QED) is 0.796. The molecule has 25 heavy (non-hydrogen) atoms. The summed E-state index contributed by atoms with van der Waals surface area (Å²) in [6.45, 7) is 4.75. The lowest BCUT2D eigenvalue weighted by atomic mass is 10.2. The first-order valence-corrected chi connectivity index (χ1v) is 8.60. The largest absolute Gasteiger partial charge is 0.368 e. The molecule has 2 aromatic rings. The minimum atomic E-state index is 0.456. The summed E-state index contributed by atoms with van der Waals surface area (Å²) in [6, 6.07) is 2.69. The fraction of sp³-hybridized carbons (Fsp3) is 0.529. The van der Waals surface area contributed by atoms with Crippen molar-refractivity contribution in [2.45, 2.75) is 32.2 Å². The van der Waals surface area contributed by atoms with Crippen LogP contribution in [0.5, 0.6) is 0 Å². The smallest absolute Gasteiger partial charge is 0.229 e. The second-order valence-electron chi connectivity index (χ2n) is 6.37. The number of nitrogens with one attached hydrogen (secondary N) is 2. The van der Waals surface area contributed by atoms with Crippen LogP contribution in [0.3, 0.4) is 0 Å². The maximum atomic E-state index is 8.79. The number of hydrogen-bond acceptors (Lipinski definition) is 7. The van der Waals surface area contributed by atoms with Crippen LogP contribution >= 0.6 is 0 Å². The number of nitriles is 1. The zero-order valence-electron chi connectivity index (χ0n) is 14.7. The fourth-order valence-corrected chi connectivity index (χ4v) is 3.12. The number of nitrogens with zero attached hydrogens (tertiary/aromatic N) is 6. The van der Waals surface area contributed by atoms with Crippen LogP contribution in [0, 0.1) is 18.3 Å². The molecule has 0 bridgehead atoms. The van der Waals surface area contributed by atoms with Gasteiger partial charge in [0.2, 0.25) is 5.95 Å². The highest BCUT2D eigenvalue weighted by Gasteiger charge is 2.23. The van der Waals surface area contributed by atoms with Crippen molar-refractivity contribution in [3.8, 4) is 6.07 Å². The summed E-state index contributed by atoms with van der Waals surface area (Å²) in [7, 11) is 1.87. The highest BCUT2D eigenvalue weighted by atomic mass is 15.3. The predicted molar refractivity (Wildman–Crippen MR) is 96.6 cm³/mol. The van der Waals surface area contributed by atoms with Gasteiger partial charge in [0.15, 0.2) is 0 Å². The van der Waals surface area contributed by atoms with Crippen LogP contribution in [0.4, 0.5) is 17.5 Å². The summed E-state index contributed by atoms with van der Waals surface area (Å²) in [4.78, 5) is 11.3. The Morgan fingerprint density at radius 3 is 3.04 bits per heavy atom. The zero-order chi connectivity index (χ0) is 17.6. The van der Waals surface area contributed by atoms with Crippen molar-refractivity contribution in [1.82, 2.24) is 24.6 Å². The second kappa shape index (κ2) is 7.94. The van der Waals surface area contributed by atoms with Crippen molar-refractivity contribution in [1.29, 1.82) is 5.26 Å². The van der Waals surface area contributed by atoms with Crippen LogP contribution in [0.1, 0.15) is 24.8 Å². The van der Waals surface area contributed by atoms with Crippen molar-refractivity contribution >= 4 is 17.5 Å². The Labute approximate surface area is 147 Å². The van der Waals surface area contributed by atoms with Crippen molar-refractivity contribution in [2.75, 3.05) is 30.3 Å². The molecule has 1 saturated heterocycles. The molecule has 0 amide bonds. The van der Waals surface area contributed by atoms with E-state index >= 15 is 0 Å². The first-order chi connectivity index (χ1) is 12.2.